The summed E-state index contributed by atoms with van der Waals surface area (Å²) < 4.78 is 5.46. The molecule has 2 nitrogen and oxygen atoms in total. The summed E-state index contributed by atoms with van der Waals surface area (Å²) in [4.78, 5) is 0. The zero-order chi connectivity index (χ0) is 8.85. The first-order chi connectivity index (χ1) is 5.07. The first-order valence-corrected chi connectivity index (χ1v) is 4.37. The van der Waals surface area contributed by atoms with Gasteiger partial charge in [0.2, 0.25) is 0 Å². The van der Waals surface area contributed by atoms with E-state index in [1.54, 1.807) is 6.92 Å². The van der Waals surface area contributed by atoms with Crippen LogP contribution in [0.25, 0.3) is 0 Å². The van der Waals surface area contributed by atoms with Gasteiger partial charge in [-0.15, -0.1) is 0 Å². The lowest BCUT2D eigenvalue weighted by Crippen LogP contribution is -2.23. The van der Waals surface area contributed by atoms with Crippen LogP contribution in [0.4, 0.5) is 0 Å². The van der Waals surface area contributed by atoms with Crippen LogP contribution in [0.3, 0.4) is 0 Å². The van der Waals surface area contributed by atoms with E-state index in [-0.39, 0.29) is 6.10 Å². The molecule has 1 N–H and O–H groups in total. The highest BCUT2D eigenvalue weighted by molar-refractivity contribution is 4.60. The van der Waals surface area contributed by atoms with Gasteiger partial charge in [-0.25, -0.2) is 0 Å². The molecule has 68 valence electrons. The van der Waals surface area contributed by atoms with E-state index in [9.17, 15) is 0 Å². The van der Waals surface area contributed by atoms with Crippen molar-refractivity contribution in [3.8, 4) is 0 Å². The Labute approximate surface area is 69.6 Å². The largest absolute Gasteiger partial charge is 0.391 e. The van der Waals surface area contributed by atoms with Crippen LogP contribution in [0.5, 0.6) is 0 Å². The Balaban J connectivity index is 3.52. The minimum Gasteiger partial charge on any atom is -0.391 e. The summed E-state index contributed by atoms with van der Waals surface area (Å²) in [6.45, 7) is 8.57. The van der Waals surface area contributed by atoms with Crippen LogP contribution >= 0.6 is 0 Å². The van der Waals surface area contributed by atoms with E-state index >= 15 is 0 Å². The summed E-state index contributed by atoms with van der Waals surface area (Å²) in [5.41, 5.74) is 0. The van der Waals surface area contributed by atoms with Gasteiger partial charge in [0.15, 0.2) is 0 Å². The van der Waals surface area contributed by atoms with Gasteiger partial charge in [-0.3, -0.25) is 0 Å². The Morgan fingerprint density at radius 3 is 2.09 bits per heavy atom. The van der Waals surface area contributed by atoms with Gasteiger partial charge in [-0.2, -0.15) is 0 Å². The molecular weight excluding hydrogens is 140 g/mol. The van der Waals surface area contributed by atoms with Gasteiger partial charge in [0.25, 0.3) is 0 Å². The summed E-state index contributed by atoms with van der Waals surface area (Å²) >= 11 is 0. The molecule has 0 aliphatic rings. The Bertz CT molecular complexity index is 89.6. The molecule has 0 aromatic carbocycles. The molecule has 2 atom stereocenters. The molecule has 0 heterocycles. The highest BCUT2D eigenvalue weighted by Crippen LogP contribution is 2.10. The van der Waals surface area contributed by atoms with Crippen molar-refractivity contribution < 1.29 is 9.84 Å². The molecule has 0 spiro atoms. The average Bonchev–Trinajstić information content (AvgIpc) is 1.87. The number of ether oxygens (including phenoxy) is 1. The Morgan fingerprint density at radius 1 is 1.27 bits per heavy atom. The van der Waals surface area contributed by atoms with Crippen LogP contribution < -0.4 is 0 Å². The van der Waals surface area contributed by atoms with Crippen LogP contribution in [0, 0.1) is 5.92 Å². The Morgan fingerprint density at radius 2 is 1.82 bits per heavy atom. The lowest BCUT2D eigenvalue weighted by Gasteiger charge is -2.20. The van der Waals surface area contributed by atoms with Gasteiger partial charge in [0.1, 0.15) is 0 Å². The van der Waals surface area contributed by atoms with Gasteiger partial charge in [0.05, 0.1) is 18.8 Å². The molecule has 0 fully saturated rings. The third-order valence-corrected chi connectivity index (χ3v) is 1.70. The maximum atomic E-state index is 8.95. The number of rotatable bonds is 5. The molecule has 0 radical (unpaired) electrons. The van der Waals surface area contributed by atoms with E-state index in [4.69, 9.17) is 9.84 Å². The third kappa shape index (κ3) is 5.22. The van der Waals surface area contributed by atoms with Crippen molar-refractivity contribution in [1.82, 2.24) is 0 Å². The molecule has 2 unspecified atom stereocenters. The highest BCUT2D eigenvalue weighted by Gasteiger charge is 2.11. The molecule has 0 aromatic heterocycles. The summed E-state index contributed by atoms with van der Waals surface area (Å²) in [7, 11) is 0. The van der Waals surface area contributed by atoms with E-state index in [0.29, 0.717) is 18.6 Å². The van der Waals surface area contributed by atoms with Crippen molar-refractivity contribution >= 4 is 0 Å². The minimum absolute atomic E-state index is 0.296. The second-order valence-electron chi connectivity index (χ2n) is 3.37. The number of aliphatic hydroxyl groups is 1. The first kappa shape index (κ1) is 10.9. The van der Waals surface area contributed by atoms with E-state index in [0.717, 1.165) is 6.42 Å². The van der Waals surface area contributed by atoms with Gasteiger partial charge in [-0.05, 0) is 19.3 Å². The van der Waals surface area contributed by atoms with Gasteiger partial charge in [-0.1, -0.05) is 20.8 Å². The van der Waals surface area contributed by atoms with Crippen molar-refractivity contribution in [2.45, 2.75) is 46.3 Å². The SMILES string of the molecule is CCC(OCC(C)O)C(C)C. The van der Waals surface area contributed by atoms with Crippen LogP contribution in [-0.2, 0) is 4.74 Å². The summed E-state index contributed by atoms with van der Waals surface area (Å²) in [5.74, 6) is 0.541. The van der Waals surface area contributed by atoms with Gasteiger partial charge in [0, 0.05) is 0 Å². The molecule has 0 rings (SSSR count). The monoisotopic (exact) mass is 160 g/mol. The fraction of sp³-hybridized carbons (Fsp3) is 1.00. The molecule has 0 aromatic rings. The van der Waals surface area contributed by atoms with E-state index in [1.807, 2.05) is 0 Å². The molecule has 0 saturated heterocycles. The van der Waals surface area contributed by atoms with Gasteiger partial charge < -0.3 is 9.84 Å². The molecule has 0 saturated carbocycles. The van der Waals surface area contributed by atoms with Crippen LogP contribution in [-0.4, -0.2) is 23.9 Å². The maximum Gasteiger partial charge on any atom is 0.0745 e. The predicted molar refractivity (Wildman–Crippen MR) is 46.5 cm³/mol. The molecule has 0 aliphatic carbocycles. The topological polar surface area (TPSA) is 29.5 Å². The van der Waals surface area contributed by atoms with Crippen LogP contribution in [0.15, 0.2) is 0 Å². The summed E-state index contributed by atoms with van der Waals surface area (Å²) in [6.07, 6.45) is 0.970. The number of hydrogen-bond donors (Lipinski definition) is 1. The third-order valence-electron chi connectivity index (χ3n) is 1.70. The van der Waals surface area contributed by atoms with Crippen LogP contribution in [0.1, 0.15) is 34.1 Å². The van der Waals surface area contributed by atoms with E-state index in [1.165, 1.54) is 0 Å². The van der Waals surface area contributed by atoms with Crippen molar-refractivity contribution in [3.05, 3.63) is 0 Å². The molecular formula is C9H20O2. The second kappa shape index (κ2) is 5.56. The Hall–Kier alpha value is -0.0800. The molecule has 2 heteroatoms. The zero-order valence-corrected chi connectivity index (χ0v) is 8.00. The normalized spacial score (nSPS) is 16.9. The van der Waals surface area contributed by atoms with Gasteiger partial charge >= 0.3 is 0 Å². The molecule has 0 amide bonds. The maximum absolute atomic E-state index is 8.95. The van der Waals surface area contributed by atoms with Crippen molar-refractivity contribution in [2.75, 3.05) is 6.61 Å². The van der Waals surface area contributed by atoms with E-state index < -0.39 is 0 Å². The summed E-state index contributed by atoms with van der Waals surface area (Å²) in [5, 5.41) is 8.95. The van der Waals surface area contributed by atoms with Crippen LogP contribution in [0.2, 0.25) is 0 Å². The molecule has 0 aliphatic heterocycles. The Kier molecular flexibility index (Phi) is 5.51. The average molecular weight is 160 g/mol. The van der Waals surface area contributed by atoms with E-state index in [2.05, 4.69) is 20.8 Å². The second-order valence-corrected chi connectivity index (χ2v) is 3.37. The van der Waals surface area contributed by atoms with Crippen molar-refractivity contribution in [1.29, 1.82) is 0 Å². The molecule has 0 bridgehead atoms. The quantitative estimate of drug-likeness (QED) is 0.664. The minimum atomic E-state index is -0.345. The standard InChI is InChI=1S/C9H20O2/c1-5-9(7(2)3)11-6-8(4)10/h7-10H,5-6H2,1-4H3. The number of hydrogen-bond acceptors (Lipinski definition) is 2. The summed E-state index contributed by atoms with van der Waals surface area (Å²) in [6, 6.07) is 0. The fourth-order valence-electron chi connectivity index (χ4n) is 1.04. The highest BCUT2D eigenvalue weighted by atomic mass is 16.5. The fourth-order valence-corrected chi connectivity index (χ4v) is 1.04. The zero-order valence-electron chi connectivity index (χ0n) is 8.00. The first-order valence-electron chi connectivity index (χ1n) is 4.37. The lowest BCUT2D eigenvalue weighted by atomic mass is 10.1. The van der Waals surface area contributed by atoms with Crippen molar-refractivity contribution in [2.24, 2.45) is 5.92 Å². The smallest absolute Gasteiger partial charge is 0.0745 e. The predicted octanol–water partition coefficient (Wildman–Crippen LogP) is 1.82. The number of aliphatic hydroxyl groups excluding tert-OH is 1. The lowest BCUT2D eigenvalue weighted by molar-refractivity contribution is -0.0243. The molecule has 11 heavy (non-hydrogen) atoms. The van der Waals surface area contributed by atoms with Crippen molar-refractivity contribution in [3.63, 3.8) is 0 Å².